The average molecular weight is 435 g/mol. The molecule has 0 N–H and O–H groups in total. The predicted molar refractivity (Wildman–Crippen MR) is 101 cm³/mol. The fourth-order valence-corrected chi connectivity index (χ4v) is 4.00. The van der Waals surface area contributed by atoms with Crippen LogP contribution in [0.25, 0.3) is 0 Å². The van der Waals surface area contributed by atoms with Crippen molar-refractivity contribution < 1.29 is 30.6 Å². The molecule has 0 aliphatic carbocycles. The van der Waals surface area contributed by atoms with E-state index in [0.29, 0.717) is 25.3 Å². The van der Waals surface area contributed by atoms with Gasteiger partial charge in [0.1, 0.15) is 0 Å². The molecule has 0 bridgehead atoms. The van der Waals surface area contributed by atoms with Crippen molar-refractivity contribution in [3.63, 3.8) is 0 Å². The zero-order valence-electron chi connectivity index (χ0n) is 16.1. The molecule has 2 aliphatic rings. The lowest BCUT2D eigenvalue weighted by molar-refractivity contribution is -0.137. The van der Waals surface area contributed by atoms with Crippen LogP contribution in [0.4, 0.5) is 23.7 Å². The van der Waals surface area contributed by atoms with E-state index in [1.807, 2.05) is 9.80 Å². The molecular weight excluding hydrogens is 411 g/mol. The van der Waals surface area contributed by atoms with Crippen LogP contribution in [0.5, 0.6) is 0 Å². The number of anilines is 1. The Balaban J connectivity index is 1.68. The minimum absolute atomic E-state index is 0.286. The van der Waals surface area contributed by atoms with E-state index in [-0.39, 0.29) is 13.1 Å². The summed E-state index contributed by atoms with van der Waals surface area (Å²) in [6, 6.07) is 3.86. The Hall–Kier alpha value is -2.01. The molecule has 7 nitrogen and oxygen atoms in total. The Morgan fingerprint density at radius 1 is 1.07 bits per heavy atom. The first-order valence-corrected chi connectivity index (χ1v) is 11.2. The fourth-order valence-electron chi connectivity index (χ4n) is 3.64. The van der Waals surface area contributed by atoms with Crippen LogP contribution in [0.3, 0.4) is 0 Å². The summed E-state index contributed by atoms with van der Waals surface area (Å²) in [6.07, 6.45) is -2.57. The van der Waals surface area contributed by atoms with Gasteiger partial charge >= 0.3 is 22.4 Å². The number of benzene rings is 1. The first kappa shape index (κ1) is 21.7. The molecule has 11 heteroatoms. The molecule has 0 radical (unpaired) electrons. The van der Waals surface area contributed by atoms with E-state index in [4.69, 9.17) is 0 Å². The highest BCUT2D eigenvalue weighted by Crippen LogP contribution is 2.35. The van der Waals surface area contributed by atoms with Crippen molar-refractivity contribution in [2.75, 3.05) is 50.4 Å². The first-order valence-electron chi connectivity index (χ1n) is 9.39. The topological polar surface area (TPSA) is 70.2 Å². The Morgan fingerprint density at radius 3 is 2.24 bits per heavy atom. The lowest BCUT2D eigenvalue weighted by atomic mass is 10.1. The van der Waals surface area contributed by atoms with Gasteiger partial charge in [0.15, 0.2) is 0 Å². The summed E-state index contributed by atoms with van der Waals surface area (Å²) < 4.78 is 66.0. The number of alkyl halides is 3. The largest absolute Gasteiger partial charge is 0.425 e. The second-order valence-corrected chi connectivity index (χ2v) is 8.93. The van der Waals surface area contributed by atoms with Crippen molar-refractivity contribution in [1.29, 1.82) is 0 Å². The van der Waals surface area contributed by atoms with E-state index in [9.17, 15) is 26.4 Å². The maximum atomic E-state index is 13.2. The van der Waals surface area contributed by atoms with Crippen LogP contribution in [-0.4, -0.2) is 69.8 Å². The molecule has 2 aliphatic heterocycles. The first-order chi connectivity index (χ1) is 13.5. The zero-order chi connectivity index (χ0) is 21.2. The number of rotatable bonds is 4. The van der Waals surface area contributed by atoms with Gasteiger partial charge in [0.2, 0.25) is 0 Å². The van der Waals surface area contributed by atoms with Gasteiger partial charge in [-0.1, -0.05) is 6.07 Å². The van der Waals surface area contributed by atoms with Crippen molar-refractivity contribution in [2.24, 2.45) is 0 Å². The number of carbonyl (C=O) groups is 1. The predicted octanol–water partition coefficient (Wildman–Crippen LogP) is 2.52. The van der Waals surface area contributed by atoms with E-state index >= 15 is 0 Å². The summed E-state index contributed by atoms with van der Waals surface area (Å²) in [5.41, 5.74) is 0.764. The van der Waals surface area contributed by atoms with Crippen LogP contribution in [0.15, 0.2) is 18.2 Å². The van der Waals surface area contributed by atoms with Crippen LogP contribution in [0.1, 0.15) is 24.0 Å². The number of amides is 1. The zero-order valence-corrected chi connectivity index (χ0v) is 16.9. The Kier molecular flexibility index (Phi) is 6.27. The van der Waals surface area contributed by atoms with Gasteiger partial charge in [-0.25, -0.2) is 4.79 Å². The molecule has 0 atom stereocenters. The van der Waals surface area contributed by atoms with Crippen molar-refractivity contribution in [2.45, 2.75) is 25.6 Å². The van der Waals surface area contributed by atoms with Gasteiger partial charge in [-0.3, -0.25) is 4.90 Å². The van der Waals surface area contributed by atoms with Crippen molar-refractivity contribution in [1.82, 2.24) is 9.80 Å². The number of hydrogen-bond acceptors (Lipinski definition) is 6. The lowest BCUT2D eigenvalue weighted by Gasteiger charge is -2.34. The Labute approximate surface area is 168 Å². The van der Waals surface area contributed by atoms with Crippen molar-refractivity contribution >= 4 is 21.9 Å². The van der Waals surface area contributed by atoms with E-state index < -0.39 is 28.0 Å². The van der Waals surface area contributed by atoms with Gasteiger partial charge in [-0.15, -0.1) is 0 Å². The summed E-state index contributed by atoms with van der Waals surface area (Å²) in [5, 5.41) is 0. The number of hydrogen-bond donors (Lipinski definition) is 0. The molecule has 2 saturated heterocycles. The van der Waals surface area contributed by atoms with Gasteiger partial charge < -0.3 is 14.0 Å². The highest BCUT2D eigenvalue weighted by Gasteiger charge is 2.32. The summed E-state index contributed by atoms with van der Waals surface area (Å²) in [6.45, 7) is 3.44. The normalized spacial score (nSPS) is 18.9. The molecule has 2 heterocycles. The van der Waals surface area contributed by atoms with Crippen LogP contribution < -0.4 is 4.90 Å². The standard InChI is InChI=1S/C18H24F3N3O4S/c1-29(26,27)28-17(25)24-10-8-22(9-11-24)13-14-4-5-15(18(19,20)21)12-16(14)23-6-2-3-7-23/h4-5,12H,2-3,6-11,13H2,1H3. The second kappa shape index (κ2) is 8.39. The molecule has 1 aromatic carbocycles. The average Bonchev–Trinajstić information content (AvgIpc) is 3.14. The number of halogens is 3. The molecule has 0 unspecified atom stereocenters. The van der Waals surface area contributed by atoms with E-state index in [2.05, 4.69) is 4.18 Å². The van der Waals surface area contributed by atoms with Gasteiger partial charge in [-0.05, 0) is 30.5 Å². The van der Waals surface area contributed by atoms with Crippen molar-refractivity contribution in [3.05, 3.63) is 29.3 Å². The smallest absolute Gasteiger partial charge is 0.371 e. The summed E-state index contributed by atoms with van der Waals surface area (Å²) in [7, 11) is -3.87. The molecule has 1 amide bonds. The Bertz CT molecular complexity index is 846. The van der Waals surface area contributed by atoms with Gasteiger partial charge in [-0.2, -0.15) is 21.6 Å². The summed E-state index contributed by atoms with van der Waals surface area (Å²) >= 11 is 0. The molecular formula is C18H24F3N3O4S. The van der Waals surface area contributed by atoms with Gasteiger partial charge in [0.25, 0.3) is 0 Å². The van der Waals surface area contributed by atoms with Crippen molar-refractivity contribution in [3.8, 4) is 0 Å². The number of piperazine rings is 1. The van der Waals surface area contributed by atoms with Crippen LogP contribution >= 0.6 is 0 Å². The minimum atomic E-state index is -4.39. The molecule has 0 spiro atoms. The minimum Gasteiger partial charge on any atom is -0.371 e. The third kappa shape index (κ3) is 5.75. The summed E-state index contributed by atoms with van der Waals surface area (Å²) in [5.74, 6) is 0. The fraction of sp³-hybridized carbons (Fsp3) is 0.611. The van der Waals surface area contributed by atoms with Gasteiger partial charge in [0, 0.05) is 51.5 Å². The maximum Gasteiger partial charge on any atom is 0.425 e. The third-order valence-corrected chi connectivity index (χ3v) is 5.55. The lowest BCUT2D eigenvalue weighted by Crippen LogP contribution is -2.48. The van der Waals surface area contributed by atoms with E-state index in [1.54, 1.807) is 0 Å². The summed E-state index contributed by atoms with van der Waals surface area (Å²) in [4.78, 5) is 17.2. The Morgan fingerprint density at radius 2 is 1.69 bits per heavy atom. The SMILES string of the molecule is CS(=O)(=O)OC(=O)N1CCN(Cc2ccc(C(F)(F)F)cc2N2CCCC2)CC1. The van der Waals surface area contributed by atoms with E-state index in [0.717, 1.165) is 43.8 Å². The monoisotopic (exact) mass is 435 g/mol. The molecule has 29 heavy (non-hydrogen) atoms. The molecule has 0 aromatic heterocycles. The molecule has 3 rings (SSSR count). The molecule has 162 valence electrons. The highest BCUT2D eigenvalue weighted by atomic mass is 32.2. The second-order valence-electron chi connectivity index (χ2n) is 7.35. The maximum absolute atomic E-state index is 13.2. The van der Waals surface area contributed by atoms with Gasteiger partial charge in [0.05, 0.1) is 11.8 Å². The quantitative estimate of drug-likeness (QED) is 0.677. The van der Waals surface area contributed by atoms with Crippen LogP contribution in [0.2, 0.25) is 0 Å². The number of carbonyl (C=O) groups excluding carboxylic acids is 1. The number of nitrogens with zero attached hydrogens (tertiary/aromatic N) is 3. The molecule has 0 saturated carbocycles. The third-order valence-electron chi connectivity index (χ3n) is 5.11. The van der Waals surface area contributed by atoms with Crippen LogP contribution in [-0.2, 0) is 27.0 Å². The van der Waals surface area contributed by atoms with Crippen LogP contribution in [0, 0.1) is 0 Å². The van der Waals surface area contributed by atoms with E-state index in [1.165, 1.54) is 17.0 Å². The molecule has 2 fully saturated rings. The highest BCUT2D eigenvalue weighted by molar-refractivity contribution is 7.86. The molecule has 1 aromatic rings.